The van der Waals surface area contributed by atoms with E-state index in [-0.39, 0.29) is 11.5 Å². The summed E-state index contributed by atoms with van der Waals surface area (Å²) in [4.78, 5) is 34.7. The Bertz CT molecular complexity index is 533. The standard InChI is InChI=1S/C14H17ClN2O4/c1-3-16-13(19)9(2)17-12(18)8-21-14(20)10-5-4-6-11(15)7-10/h4-7,9H,3,8H2,1-2H3,(H,16,19)(H,17,18)/t9-/m1/s1. The van der Waals surface area contributed by atoms with E-state index in [1.54, 1.807) is 26.0 Å². The fourth-order valence-corrected chi connectivity index (χ4v) is 1.70. The zero-order valence-electron chi connectivity index (χ0n) is 11.8. The van der Waals surface area contributed by atoms with Gasteiger partial charge in [0.15, 0.2) is 6.61 Å². The number of rotatable bonds is 6. The SMILES string of the molecule is CCNC(=O)[C@@H](C)NC(=O)COC(=O)c1cccc(Cl)c1. The highest BCUT2D eigenvalue weighted by Crippen LogP contribution is 2.11. The summed E-state index contributed by atoms with van der Waals surface area (Å²) in [6.07, 6.45) is 0. The second-order valence-corrected chi connectivity index (χ2v) is 4.71. The van der Waals surface area contributed by atoms with Gasteiger partial charge in [0.1, 0.15) is 6.04 Å². The molecule has 7 heteroatoms. The summed E-state index contributed by atoms with van der Waals surface area (Å²) in [5.74, 6) is -1.51. The molecule has 1 aromatic carbocycles. The fourth-order valence-electron chi connectivity index (χ4n) is 1.51. The van der Waals surface area contributed by atoms with Crippen molar-refractivity contribution in [1.82, 2.24) is 10.6 Å². The van der Waals surface area contributed by atoms with E-state index < -0.39 is 24.5 Å². The molecular weight excluding hydrogens is 296 g/mol. The number of esters is 1. The summed E-state index contributed by atoms with van der Waals surface area (Å²) < 4.78 is 4.84. The van der Waals surface area contributed by atoms with Crippen LogP contribution in [0.15, 0.2) is 24.3 Å². The molecule has 0 radical (unpaired) electrons. The molecule has 2 amide bonds. The summed E-state index contributed by atoms with van der Waals surface area (Å²) >= 11 is 5.75. The number of carbonyl (C=O) groups excluding carboxylic acids is 3. The maximum Gasteiger partial charge on any atom is 0.338 e. The van der Waals surface area contributed by atoms with Gasteiger partial charge < -0.3 is 15.4 Å². The molecule has 0 aliphatic heterocycles. The molecule has 0 saturated carbocycles. The largest absolute Gasteiger partial charge is 0.452 e. The zero-order chi connectivity index (χ0) is 15.8. The van der Waals surface area contributed by atoms with Crippen molar-refractivity contribution >= 4 is 29.4 Å². The molecule has 0 aliphatic rings. The van der Waals surface area contributed by atoms with Crippen molar-refractivity contribution in [3.8, 4) is 0 Å². The molecular formula is C14H17ClN2O4. The first-order chi connectivity index (χ1) is 9.93. The molecule has 0 fully saturated rings. The fraction of sp³-hybridized carbons (Fsp3) is 0.357. The number of carbonyl (C=O) groups is 3. The molecule has 0 saturated heterocycles. The molecule has 0 aromatic heterocycles. The number of hydrogen-bond donors (Lipinski definition) is 2. The van der Waals surface area contributed by atoms with Gasteiger partial charge in [0.2, 0.25) is 5.91 Å². The highest BCUT2D eigenvalue weighted by Gasteiger charge is 2.16. The van der Waals surface area contributed by atoms with Gasteiger partial charge in [-0.25, -0.2) is 4.79 Å². The summed E-state index contributed by atoms with van der Waals surface area (Å²) in [6, 6.07) is 5.51. The Morgan fingerprint density at radius 1 is 1.33 bits per heavy atom. The van der Waals surface area contributed by atoms with E-state index >= 15 is 0 Å². The van der Waals surface area contributed by atoms with Crippen LogP contribution >= 0.6 is 11.6 Å². The molecule has 0 aliphatic carbocycles. The van der Waals surface area contributed by atoms with Crippen LogP contribution in [-0.4, -0.2) is 37.0 Å². The smallest absolute Gasteiger partial charge is 0.338 e. The highest BCUT2D eigenvalue weighted by atomic mass is 35.5. The highest BCUT2D eigenvalue weighted by molar-refractivity contribution is 6.30. The Kier molecular flexibility index (Phi) is 6.68. The van der Waals surface area contributed by atoms with E-state index in [0.717, 1.165) is 0 Å². The Balaban J connectivity index is 2.42. The van der Waals surface area contributed by atoms with E-state index in [0.29, 0.717) is 11.6 Å². The van der Waals surface area contributed by atoms with Crippen molar-refractivity contribution in [2.24, 2.45) is 0 Å². The van der Waals surface area contributed by atoms with Crippen molar-refractivity contribution < 1.29 is 19.1 Å². The second kappa shape index (κ2) is 8.26. The summed E-state index contributed by atoms with van der Waals surface area (Å²) in [6.45, 7) is 3.33. The first-order valence-corrected chi connectivity index (χ1v) is 6.81. The van der Waals surface area contributed by atoms with Crippen molar-refractivity contribution in [2.75, 3.05) is 13.2 Å². The molecule has 0 spiro atoms. The van der Waals surface area contributed by atoms with Crippen molar-refractivity contribution in [3.63, 3.8) is 0 Å². The van der Waals surface area contributed by atoms with Gasteiger partial charge >= 0.3 is 5.97 Å². The molecule has 21 heavy (non-hydrogen) atoms. The van der Waals surface area contributed by atoms with E-state index in [1.165, 1.54) is 12.1 Å². The van der Waals surface area contributed by atoms with E-state index in [1.807, 2.05) is 0 Å². The minimum Gasteiger partial charge on any atom is -0.452 e. The lowest BCUT2D eigenvalue weighted by molar-refractivity contribution is -0.130. The summed E-state index contributed by atoms with van der Waals surface area (Å²) in [7, 11) is 0. The normalized spacial score (nSPS) is 11.4. The maximum atomic E-state index is 11.7. The first kappa shape index (κ1) is 17.0. The third-order valence-electron chi connectivity index (χ3n) is 2.52. The predicted octanol–water partition coefficient (Wildman–Crippen LogP) is 1.14. The van der Waals surface area contributed by atoms with Gasteiger partial charge in [0, 0.05) is 11.6 Å². The van der Waals surface area contributed by atoms with Gasteiger partial charge in [-0.1, -0.05) is 17.7 Å². The summed E-state index contributed by atoms with van der Waals surface area (Å²) in [5.41, 5.74) is 0.257. The van der Waals surface area contributed by atoms with E-state index in [2.05, 4.69) is 10.6 Å². The van der Waals surface area contributed by atoms with Crippen LogP contribution in [0.2, 0.25) is 5.02 Å². The minimum absolute atomic E-state index is 0.257. The van der Waals surface area contributed by atoms with Gasteiger partial charge in [0.25, 0.3) is 5.91 Å². The number of ether oxygens (including phenoxy) is 1. The topological polar surface area (TPSA) is 84.5 Å². The number of halogens is 1. The van der Waals surface area contributed by atoms with Gasteiger partial charge in [-0.05, 0) is 32.0 Å². The van der Waals surface area contributed by atoms with Gasteiger partial charge in [-0.3, -0.25) is 9.59 Å². The zero-order valence-corrected chi connectivity index (χ0v) is 12.6. The van der Waals surface area contributed by atoms with Crippen LogP contribution in [0.4, 0.5) is 0 Å². The molecule has 1 atom stereocenters. The van der Waals surface area contributed by atoms with Crippen molar-refractivity contribution in [1.29, 1.82) is 0 Å². The molecule has 2 N–H and O–H groups in total. The Morgan fingerprint density at radius 3 is 2.67 bits per heavy atom. The lowest BCUT2D eigenvalue weighted by atomic mass is 10.2. The number of likely N-dealkylation sites (N-methyl/N-ethyl adjacent to an activating group) is 1. The first-order valence-electron chi connectivity index (χ1n) is 6.43. The van der Waals surface area contributed by atoms with Crippen molar-refractivity contribution in [2.45, 2.75) is 19.9 Å². The molecule has 1 aromatic rings. The molecule has 0 unspecified atom stereocenters. The van der Waals surface area contributed by atoms with E-state index in [4.69, 9.17) is 16.3 Å². The van der Waals surface area contributed by atoms with Crippen LogP contribution in [0.25, 0.3) is 0 Å². The maximum absolute atomic E-state index is 11.7. The molecule has 0 bridgehead atoms. The predicted molar refractivity (Wildman–Crippen MR) is 78.0 cm³/mol. The van der Waals surface area contributed by atoms with Crippen LogP contribution in [0.3, 0.4) is 0 Å². The Labute approximate surface area is 127 Å². The number of amides is 2. The monoisotopic (exact) mass is 312 g/mol. The van der Waals surface area contributed by atoms with Gasteiger partial charge in [-0.2, -0.15) is 0 Å². The van der Waals surface area contributed by atoms with Gasteiger partial charge in [0.05, 0.1) is 5.56 Å². The third-order valence-corrected chi connectivity index (χ3v) is 2.75. The summed E-state index contributed by atoms with van der Waals surface area (Å²) in [5, 5.41) is 5.40. The lowest BCUT2D eigenvalue weighted by Gasteiger charge is -2.13. The molecule has 0 heterocycles. The van der Waals surface area contributed by atoms with Gasteiger partial charge in [-0.15, -0.1) is 0 Å². The third kappa shape index (κ3) is 5.83. The average Bonchev–Trinajstić information content (AvgIpc) is 2.45. The molecule has 1 rings (SSSR count). The van der Waals surface area contributed by atoms with Crippen LogP contribution in [0, 0.1) is 0 Å². The quantitative estimate of drug-likeness (QED) is 0.771. The molecule has 6 nitrogen and oxygen atoms in total. The minimum atomic E-state index is -0.692. The number of nitrogens with one attached hydrogen (secondary N) is 2. The van der Waals surface area contributed by atoms with Crippen LogP contribution in [0.1, 0.15) is 24.2 Å². The van der Waals surface area contributed by atoms with Crippen molar-refractivity contribution in [3.05, 3.63) is 34.9 Å². The molecule has 114 valence electrons. The van der Waals surface area contributed by atoms with Crippen LogP contribution in [-0.2, 0) is 14.3 Å². The Morgan fingerprint density at radius 2 is 2.05 bits per heavy atom. The average molecular weight is 313 g/mol. The Hall–Kier alpha value is -2.08. The number of benzene rings is 1. The lowest BCUT2D eigenvalue weighted by Crippen LogP contribution is -2.46. The second-order valence-electron chi connectivity index (χ2n) is 4.27. The van der Waals surface area contributed by atoms with Crippen LogP contribution in [0.5, 0.6) is 0 Å². The number of hydrogen-bond acceptors (Lipinski definition) is 4. The van der Waals surface area contributed by atoms with E-state index in [9.17, 15) is 14.4 Å². The van der Waals surface area contributed by atoms with Crippen LogP contribution < -0.4 is 10.6 Å².